The molecule has 0 aliphatic heterocycles. The molecule has 0 bridgehead atoms. The Bertz CT molecular complexity index is 110. The lowest BCUT2D eigenvalue weighted by molar-refractivity contribution is 0.744. The van der Waals surface area contributed by atoms with Crippen LogP contribution in [-0.4, -0.2) is 16.0 Å². The van der Waals surface area contributed by atoms with Crippen LogP contribution in [0, 0.1) is 0 Å². The van der Waals surface area contributed by atoms with Gasteiger partial charge >= 0.3 is 0 Å². The molecule has 0 unspecified atom stereocenters. The predicted molar refractivity (Wildman–Crippen MR) is 42.9 cm³/mol. The number of hydrogen-bond acceptors (Lipinski definition) is 2. The normalized spacial score (nSPS) is 10.4. The van der Waals surface area contributed by atoms with Crippen molar-refractivity contribution in [2.24, 2.45) is 4.99 Å². The quantitative estimate of drug-likeness (QED) is 0.373. The summed E-state index contributed by atoms with van der Waals surface area (Å²) in [4.78, 5) is 3.76. The van der Waals surface area contributed by atoms with Gasteiger partial charge in [0.15, 0.2) is 0 Å². The van der Waals surface area contributed by atoms with Crippen molar-refractivity contribution in [1.82, 2.24) is 0 Å². The first-order valence-electron chi connectivity index (χ1n) is 2.29. The minimum Gasteiger partial charge on any atom is -0.231 e. The Labute approximate surface area is 63.3 Å². The molecule has 0 radical (unpaired) electrons. The molecule has 0 fully saturated rings. The van der Waals surface area contributed by atoms with E-state index in [1.54, 1.807) is 0 Å². The van der Waals surface area contributed by atoms with Crippen LogP contribution >= 0.6 is 28.1 Å². The number of nitrogens with zero attached hydrogens (tertiary/aromatic N) is 1. The molecule has 0 rings (SSSR count). The maximum Gasteiger partial charge on any atom is 0.0641 e. The topological polar surface area (TPSA) is 12.4 Å². The first-order chi connectivity index (χ1) is 3.56. The minimum absolute atomic E-state index is 0.0683. The molecular weight excluding hydrogens is 186 g/mol. The zero-order chi connectivity index (χ0) is 6.62. The van der Waals surface area contributed by atoms with E-state index in [4.69, 9.17) is 0 Å². The Balaban J connectivity index is 3.55. The molecule has 0 aliphatic rings. The number of alkyl halides is 1. The maximum atomic E-state index is 4.38. The van der Waals surface area contributed by atoms with Gasteiger partial charge in [-0.25, -0.2) is 4.99 Å². The lowest BCUT2D eigenvalue weighted by atomic mass is 10.2. The van der Waals surface area contributed by atoms with Crippen molar-refractivity contribution in [2.75, 3.05) is 6.54 Å². The van der Waals surface area contributed by atoms with E-state index in [9.17, 15) is 0 Å². The molecule has 0 N–H and O–H groups in total. The van der Waals surface area contributed by atoms with Crippen LogP contribution < -0.4 is 0 Å². The molecule has 0 aromatic carbocycles. The summed E-state index contributed by atoms with van der Waals surface area (Å²) in [6, 6.07) is 0. The minimum atomic E-state index is 0.0683. The van der Waals surface area contributed by atoms with E-state index in [0.717, 1.165) is 0 Å². The Morgan fingerprint density at radius 2 is 2.25 bits per heavy atom. The molecule has 1 nitrogen and oxygen atoms in total. The third-order valence-electron chi connectivity index (χ3n) is 0.520. The van der Waals surface area contributed by atoms with E-state index in [1.165, 1.54) is 0 Å². The fourth-order valence-electron chi connectivity index (χ4n) is 0.220. The smallest absolute Gasteiger partial charge is 0.0641 e. The highest BCUT2D eigenvalue weighted by atomic mass is 79.9. The molecule has 0 heterocycles. The monoisotopic (exact) mass is 193 g/mol. The molecule has 0 aromatic heterocycles. The molecule has 3 heteroatoms. The Hall–Kier alpha value is 0.280. The van der Waals surface area contributed by atoms with Crippen molar-refractivity contribution < 1.29 is 0 Å². The summed E-state index contributed by atoms with van der Waals surface area (Å²) >= 11 is 7.78. The van der Waals surface area contributed by atoms with Gasteiger partial charge in [0, 0.05) is 4.32 Å². The number of rotatable bonds is 2. The van der Waals surface area contributed by atoms with E-state index < -0.39 is 0 Å². The van der Waals surface area contributed by atoms with Crippen LogP contribution in [0.1, 0.15) is 13.8 Å². The summed E-state index contributed by atoms with van der Waals surface area (Å²) in [6.07, 6.45) is 0. The summed E-state index contributed by atoms with van der Waals surface area (Å²) in [5.41, 5.74) is 0. The standard InChI is InChI=1S/C5H8BrNS/c1-5(2,6)3-7-4-8/h3H2,1-2H3. The molecule has 46 valence electrons. The zero-order valence-corrected chi connectivity index (χ0v) is 7.34. The second-order valence-corrected chi connectivity index (χ2v) is 4.46. The SMILES string of the molecule is CC(C)(Br)CN=C=S. The van der Waals surface area contributed by atoms with E-state index >= 15 is 0 Å². The second kappa shape index (κ2) is 3.33. The predicted octanol–water partition coefficient (Wildman–Crippen LogP) is 2.26. The molecule has 0 atom stereocenters. The second-order valence-electron chi connectivity index (χ2n) is 2.13. The van der Waals surface area contributed by atoms with Gasteiger partial charge in [0.25, 0.3) is 0 Å². The van der Waals surface area contributed by atoms with E-state index in [2.05, 4.69) is 38.3 Å². The Morgan fingerprint density at radius 1 is 1.75 bits per heavy atom. The van der Waals surface area contributed by atoms with Crippen molar-refractivity contribution in [3.63, 3.8) is 0 Å². The molecule has 0 aliphatic carbocycles. The molecule has 8 heavy (non-hydrogen) atoms. The van der Waals surface area contributed by atoms with Crippen LogP contribution in [0.15, 0.2) is 4.99 Å². The Kier molecular flexibility index (Phi) is 3.45. The lowest BCUT2D eigenvalue weighted by Gasteiger charge is -2.09. The highest BCUT2D eigenvalue weighted by molar-refractivity contribution is 9.10. The van der Waals surface area contributed by atoms with Crippen molar-refractivity contribution in [3.8, 4) is 0 Å². The van der Waals surface area contributed by atoms with Crippen molar-refractivity contribution in [2.45, 2.75) is 18.2 Å². The molecule has 0 saturated heterocycles. The van der Waals surface area contributed by atoms with Crippen LogP contribution in [0.3, 0.4) is 0 Å². The van der Waals surface area contributed by atoms with Gasteiger partial charge in [-0.05, 0) is 26.1 Å². The number of aliphatic imine (C=N–C) groups is 1. The average molecular weight is 194 g/mol. The number of hydrogen-bond donors (Lipinski definition) is 0. The van der Waals surface area contributed by atoms with Crippen molar-refractivity contribution in [3.05, 3.63) is 0 Å². The van der Waals surface area contributed by atoms with Gasteiger partial charge in [0.05, 0.1) is 11.7 Å². The largest absolute Gasteiger partial charge is 0.231 e. The third-order valence-corrected chi connectivity index (χ3v) is 0.899. The number of thiocarbonyl (C=S) groups is 1. The summed E-state index contributed by atoms with van der Waals surface area (Å²) in [5, 5.41) is 2.30. The van der Waals surface area contributed by atoms with Gasteiger partial charge in [0.2, 0.25) is 0 Å². The molecule has 0 amide bonds. The fraction of sp³-hybridized carbons (Fsp3) is 0.800. The maximum absolute atomic E-state index is 4.38. The van der Waals surface area contributed by atoms with Gasteiger partial charge in [-0.15, -0.1) is 0 Å². The summed E-state index contributed by atoms with van der Waals surface area (Å²) < 4.78 is 0.0683. The van der Waals surface area contributed by atoms with Crippen LogP contribution in [-0.2, 0) is 0 Å². The third kappa shape index (κ3) is 6.28. The lowest BCUT2D eigenvalue weighted by Crippen LogP contribution is -2.12. The zero-order valence-electron chi connectivity index (χ0n) is 4.94. The van der Waals surface area contributed by atoms with Gasteiger partial charge in [-0.1, -0.05) is 15.9 Å². The van der Waals surface area contributed by atoms with E-state index in [-0.39, 0.29) is 4.32 Å². The summed E-state index contributed by atoms with van der Waals surface area (Å²) in [6.45, 7) is 4.75. The number of halogens is 1. The van der Waals surface area contributed by atoms with Crippen LogP contribution in [0.25, 0.3) is 0 Å². The van der Waals surface area contributed by atoms with Crippen LogP contribution in [0.4, 0.5) is 0 Å². The average Bonchev–Trinajstić information content (AvgIpc) is 1.59. The van der Waals surface area contributed by atoms with Gasteiger partial charge in [-0.3, -0.25) is 0 Å². The van der Waals surface area contributed by atoms with E-state index in [1.807, 2.05) is 13.8 Å². The molecule has 0 saturated carbocycles. The van der Waals surface area contributed by atoms with Crippen molar-refractivity contribution in [1.29, 1.82) is 0 Å². The van der Waals surface area contributed by atoms with Crippen LogP contribution in [0.5, 0.6) is 0 Å². The highest BCUT2D eigenvalue weighted by Gasteiger charge is 2.09. The Morgan fingerprint density at radius 3 is 2.38 bits per heavy atom. The first kappa shape index (κ1) is 8.28. The van der Waals surface area contributed by atoms with Gasteiger partial charge in [0.1, 0.15) is 0 Å². The summed E-state index contributed by atoms with van der Waals surface area (Å²) in [7, 11) is 0. The van der Waals surface area contributed by atoms with E-state index in [0.29, 0.717) is 6.54 Å². The first-order valence-corrected chi connectivity index (χ1v) is 3.49. The van der Waals surface area contributed by atoms with Gasteiger partial charge in [-0.2, -0.15) is 0 Å². The van der Waals surface area contributed by atoms with Crippen LogP contribution in [0.2, 0.25) is 0 Å². The highest BCUT2D eigenvalue weighted by Crippen LogP contribution is 2.14. The van der Waals surface area contributed by atoms with Crippen molar-refractivity contribution >= 4 is 33.3 Å². The van der Waals surface area contributed by atoms with Gasteiger partial charge < -0.3 is 0 Å². The molecule has 0 spiro atoms. The fourth-order valence-corrected chi connectivity index (χ4v) is 0.410. The molecular formula is C5H8BrNS. The summed E-state index contributed by atoms with van der Waals surface area (Å²) in [5.74, 6) is 0. The number of isothiocyanates is 1. The molecule has 0 aromatic rings.